The van der Waals surface area contributed by atoms with Gasteiger partial charge in [0, 0.05) is 13.0 Å². The number of rotatable bonds is 6. The first-order valence-electron chi connectivity index (χ1n) is 10.5. The van der Waals surface area contributed by atoms with E-state index in [1.165, 1.54) is 4.90 Å². The van der Waals surface area contributed by atoms with E-state index in [0.717, 1.165) is 29.5 Å². The van der Waals surface area contributed by atoms with Gasteiger partial charge in [0.1, 0.15) is 5.54 Å². The molecule has 1 aliphatic carbocycles. The van der Waals surface area contributed by atoms with E-state index in [4.69, 9.17) is 0 Å². The molecule has 1 atom stereocenters. The quantitative estimate of drug-likeness (QED) is 0.723. The third-order valence-electron chi connectivity index (χ3n) is 6.11. The molecule has 0 radical (unpaired) electrons. The Bertz CT molecular complexity index is 934. The molecule has 2 fully saturated rings. The Morgan fingerprint density at radius 3 is 2.33 bits per heavy atom. The van der Waals surface area contributed by atoms with Crippen molar-refractivity contribution in [3.8, 4) is 0 Å². The summed E-state index contributed by atoms with van der Waals surface area (Å²) in [7, 11) is 0. The maximum atomic E-state index is 12.8. The van der Waals surface area contributed by atoms with Crippen molar-refractivity contribution >= 4 is 17.8 Å². The molecule has 1 unspecified atom stereocenters. The van der Waals surface area contributed by atoms with E-state index in [2.05, 4.69) is 10.6 Å². The fraction of sp³-hybridized carbons (Fsp3) is 0.375. The molecular weight excluding hydrogens is 378 g/mol. The van der Waals surface area contributed by atoms with Crippen molar-refractivity contribution in [2.24, 2.45) is 0 Å². The van der Waals surface area contributed by atoms with E-state index >= 15 is 0 Å². The van der Waals surface area contributed by atoms with Gasteiger partial charge in [-0.25, -0.2) is 4.79 Å². The summed E-state index contributed by atoms with van der Waals surface area (Å²) in [5, 5.41) is 5.93. The van der Waals surface area contributed by atoms with Gasteiger partial charge in [-0.15, -0.1) is 0 Å². The number of carbonyl (C=O) groups excluding carboxylic acids is 3. The molecule has 0 aromatic heterocycles. The molecule has 2 N–H and O–H groups in total. The molecule has 1 spiro atoms. The van der Waals surface area contributed by atoms with E-state index in [9.17, 15) is 14.4 Å². The second kappa shape index (κ2) is 8.30. The van der Waals surface area contributed by atoms with Crippen molar-refractivity contribution in [2.45, 2.75) is 50.6 Å². The van der Waals surface area contributed by atoms with Crippen molar-refractivity contribution in [2.75, 3.05) is 6.54 Å². The number of benzene rings is 2. The van der Waals surface area contributed by atoms with Crippen molar-refractivity contribution < 1.29 is 14.4 Å². The number of imide groups is 1. The number of carbonyl (C=O) groups is 3. The highest BCUT2D eigenvalue weighted by Gasteiger charge is 2.52. The summed E-state index contributed by atoms with van der Waals surface area (Å²) in [6.45, 7) is 2.11. The van der Waals surface area contributed by atoms with Crippen LogP contribution in [0.5, 0.6) is 0 Å². The lowest BCUT2D eigenvalue weighted by Crippen LogP contribution is -2.44. The monoisotopic (exact) mass is 405 g/mol. The Balaban J connectivity index is 1.44. The van der Waals surface area contributed by atoms with Gasteiger partial charge in [0.05, 0.1) is 6.04 Å². The van der Waals surface area contributed by atoms with Crippen molar-refractivity contribution in [3.63, 3.8) is 0 Å². The smallest absolute Gasteiger partial charge is 0.325 e. The zero-order chi connectivity index (χ0) is 21.1. The summed E-state index contributed by atoms with van der Waals surface area (Å²) >= 11 is 0. The molecular formula is C24H27N3O3. The van der Waals surface area contributed by atoms with Gasteiger partial charge in [0.15, 0.2) is 0 Å². The van der Waals surface area contributed by atoms with Gasteiger partial charge in [-0.05, 0) is 30.9 Å². The van der Waals surface area contributed by atoms with Gasteiger partial charge in [0.25, 0.3) is 5.91 Å². The van der Waals surface area contributed by atoms with E-state index in [1.807, 2.05) is 61.5 Å². The Kier molecular flexibility index (Phi) is 5.57. The van der Waals surface area contributed by atoms with E-state index in [0.29, 0.717) is 12.8 Å². The van der Waals surface area contributed by atoms with Crippen LogP contribution in [0.2, 0.25) is 0 Å². The summed E-state index contributed by atoms with van der Waals surface area (Å²) < 4.78 is 0. The van der Waals surface area contributed by atoms with Crippen molar-refractivity contribution in [1.29, 1.82) is 0 Å². The molecule has 4 amide bonds. The molecule has 30 heavy (non-hydrogen) atoms. The summed E-state index contributed by atoms with van der Waals surface area (Å²) in [6.07, 6.45) is 3.32. The van der Waals surface area contributed by atoms with Gasteiger partial charge in [-0.2, -0.15) is 0 Å². The van der Waals surface area contributed by atoms with E-state index < -0.39 is 5.54 Å². The van der Waals surface area contributed by atoms with Crippen LogP contribution in [0.1, 0.15) is 54.8 Å². The highest BCUT2D eigenvalue weighted by molar-refractivity contribution is 6.07. The summed E-state index contributed by atoms with van der Waals surface area (Å²) in [6, 6.07) is 17.2. The molecule has 4 rings (SSSR count). The third kappa shape index (κ3) is 3.95. The van der Waals surface area contributed by atoms with Crippen LogP contribution in [0.4, 0.5) is 4.79 Å². The van der Waals surface area contributed by atoms with Crippen LogP contribution in [0.3, 0.4) is 0 Å². The first-order valence-corrected chi connectivity index (χ1v) is 10.5. The minimum atomic E-state index is -0.734. The predicted octanol–water partition coefficient (Wildman–Crippen LogP) is 3.46. The SMILES string of the molecule is Cc1ccc(C(NC(=O)CCN2C(=O)NC3(CCCC3)C2=O)c2ccccc2)cc1. The predicted molar refractivity (Wildman–Crippen MR) is 114 cm³/mol. The molecule has 2 aromatic rings. The van der Waals surface area contributed by atoms with Crippen LogP contribution in [0, 0.1) is 6.92 Å². The van der Waals surface area contributed by atoms with E-state index in [-0.39, 0.29) is 36.9 Å². The van der Waals surface area contributed by atoms with Gasteiger partial charge in [-0.1, -0.05) is 73.0 Å². The largest absolute Gasteiger partial charge is 0.345 e. The van der Waals surface area contributed by atoms with Gasteiger partial charge < -0.3 is 10.6 Å². The summed E-state index contributed by atoms with van der Waals surface area (Å²) in [5.74, 6) is -0.381. The van der Waals surface area contributed by atoms with Gasteiger partial charge in [0.2, 0.25) is 5.91 Å². The minimum absolute atomic E-state index is 0.0738. The first kappa shape index (κ1) is 20.1. The highest BCUT2D eigenvalue weighted by atomic mass is 16.2. The average Bonchev–Trinajstić information content (AvgIpc) is 3.31. The molecule has 6 nitrogen and oxygen atoms in total. The standard InChI is InChI=1S/C24H27N3O3/c1-17-9-11-19(12-10-17)21(18-7-3-2-4-8-18)25-20(28)13-16-27-22(29)24(26-23(27)30)14-5-6-15-24/h2-4,7-12,21H,5-6,13-16H2,1H3,(H,25,28)(H,26,30). The third-order valence-corrected chi connectivity index (χ3v) is 6.11. The topological polar surface area (TPSA) is 78.5 Å². The van der Waals surface area contributed by atoms with Crippen LogP contribution in [-0.2, 0) is 9.59 Å². The van der Waals surface area contributed by atoms with Crippen LogP contribution in [0.25, 0.3) is 0 Å². The fourth-order valence-corrected chi connectivity index (χ4v) is 4.41. The zero-order valence-electron chi connectivity index (χ0n) is 17.2. The molecule has 2 aliphatic rings. The second-order valence-electron chi connectivity index (χ2n) is 8.25. The zero-order valence-corrected chi connectivity index (χ0v) is 17.2. The number of nitrogens with one attached hydrogen (secondary N) is 2. The van der Waals surface area contributed by atoms with Crippen LogP contribution in [0.15, 0.2) is 54.6 Å². The lowest BCUT2D eigenvalue weighted by molar-refractivity contribution is -0.131. The van der Waals surface area contributed by atoms with Crippen molar-refractivity contribution in [3.05, 3.63) is 71.3 Å². The molecule has 2 aromatic carbocycles. The number of amides is 4. The average molecular weight is 405 g/mol. The van der Waals surface area contributed by atoms with Crippen molar-refractivity contribution in [1.82, 2.24) is 15.5 Å². The molecule has 156 valence electrons. The Labute approximate surface area is 176 Å². The maximum Gasteiger partial charge on any atom is 0.325 e. The minimum Gasteiger partial charge on any atom is -0.345 e. The molecule has 1 heterocycles. The maximum absolute atomic E-state index is 12.8. The van der Waals surface area contributed by atoms with Gasteiger partial charge in [-0.3, -0.25) is 14.5 Å². The molecule has 1 saturated carbocycles. The fourth-order valence-electron chi connectivity index (χ4n) is 4.41. The van der Waals surface area contributed by atoms with Crippen LogP contribution in [-0.4, -0.2) is 34.8 Å². The Morgan fingerprint density at radius 1 is 1.03 bits per heavy atom. The van der Waals surface area contributed by atoms with E-state index in [1.54, 1.807) is 0 Å². The lowest BCUT2D eigenvalue weighted by atomic mass is 9.97. The number of hydrogen-bond acceptors (Lipinski definition) is 3. The molecule has 0 bridgehead atoms. The number of hydrogen-bond donors (Lipinski definition) is 2. The number of aryl methyl sites for hydroxylation is 1. The van der Waals surface area contributed by atoms with Crippen LogP contribution >= 0.6 is 0 Å². The number of nitrogens with zero attached hydrogens (tertiary/aromatic N) is 1. The van der Waals surface area contributed by atoms with Gasteiger partial charge >= 0.3 is 6.03 Å². The Morgan fingerprint density at radius 2 is 1.67 bits per heavy atom. The molecule has 6 heteroatoms. The molecule has 1 aliphatic heterocycles. The second-order valence-corrected chi connectivity index (χ2v) is 8.25. The summed E-state index contributed by atoms with van der Waals surface area (Å²) in [5.41, 5.74) is 2.38. The highest BCUT2D eigenvalue weighted by Crippen LogP contribution is 2.35. The van der Waals surface area contributed by atoms with Crippen LogP contribution < -0.4 is 10.6 Å². The Hall–Kier alpha value is -3.15. The molecule has 1 saturated heterocycles. The number of urea groups is 1. The first-order chi connectivity index (χ1) is 14.5. The lowest BCUT2D eigenvalue weighted by Gasteiger charge is -2.22. The summed E-state index contributed by atoms with van der Waals surface area (Å²) in [4.78, 5) is 39.0. The normalized spacial score (nSPS) is 18.5.